The van der Waals surface area contributed by atoms with E-state index in [9.17, 15) is 13.2 Å². The lowest BCUT2D eigenvalue weighted by Crippen LogP contribution is -2.43. The van der Waals surface area contributed by atoms with Gasteiger partial charge >= 0.3 is 0 Å². The van der Waals surface area contributed by atoms with Crippen LogP contribution in [0.25, 0.3) is 0 Å². The molecule has 1 rings (SSSR count). The third-order valence-corrected chi connectivity index (χ3v) is 4.31. The molecule has 0 aromatic heterocycles. The fourth-order valence-corrected chi connectivity index (χ4v) is 2.48. The molecule has 0 aliphatic rings. The molecule has 1 aromatic rings. The van der Waals surface area contributed by atoms with Gasteiger partial charge in [0.25, 0.3) is 0 Å². The fourth-order valence-electron chi connectivity index (χ4n) is 1.59. The maximum atomic E-state index is 11.7. The van der Waals surface area contributed by atoms with Gasteiger partial charge in [-0.25, -0.2) is 8.42 Å². The maximum Gasteiger partial charge on any atom is 0.239 e. The third kappa shape index (κ3) is 5.21. The molecular weight excluding hydrogens is 276 g/mol. The highest BCUT2D eigenvalue weighted by Crippen LogP contribution is 2.15. The number of hydrogen-bond acceptors (Lipinski definition) is 4. The Kier molecular flexibility index (Phi) is 5.16. The summed E-state index contributed by atoms with van der Waals surface area (Å²) in [6.07, 6.45) is 0. The molecule has 1 aromatic carbocycles. The lowest BCUT2D eigenvalue weighted by Gasteiger charge is -2.20. The Labute approximate surface area is 120 Å². The molecule has 20 heavy (non-hydrogen) atoms. The van der Waals surface area contributed by atoms with Gasteiger partial charge in [-0.3, -0.25) is 4.79 Å². The van der Waals surface area contributed by atoms with Gasteiger partial charge in [0.05, 0.1) is 17.2 Å². The van der Waals surface area contributed by atoms with E-state index in [4.69, 9.17) is 0 Å². The summed E-state index contributed by atoms with van der Waals surface area (Å²) in [5, 5.41) is 5.79. The molecule has 112 valence electrons. The first-order chi connectivity index (χ1) is 9.14. The molecule has 0 radical (unpaired) electrons. The van der Waals surface area contributed by atoms with Crippen LogP contribution in [0.1, 0.15) is 27.7 Å². The van der Waals surface area contributed by atoms with Crippen LogP contribution in [-0.2, 0) is 14.6 Å². The van der Waals surface area contributed by atoms with Crippen LogP contribution in [0.5, 0.6) is 0 Å². The smallest absolute Gasteiger partial charge is 0.239 e. The van der Waals surface area contributed by atoms with Crippen molar-refractivity contribution in [2.24, 2.45) is 0 Å². The maximum absolute atomic E-state index is 11.7. The summed E-state index contributed by atoms with van der Waals surface area (Å²) in [6.45, 7) is 7.50. The molecule has 0 fully saturated rings. The van der Waals surface area contributed by atoms with E-state index in [0.29, 0.717) is 10.6 Å². The first-order valence-corrected chi connectivity index (χ1v) is 8.17. The Bertz CT molecular complexity index is 557. The second kappa shape index (κ2) is 6.26. The van der Waals surface area contributed by atoms with Crippen LogP contribution in [0.15, 0.2) is 29.2 Å². The minimum absolute atomic E-state index is 0.0771. The average Bonchev–Trinajstić information content (AvgIpc) is 2.35. The Morgan fingerprint density at radius 1 is 1.15 bits per heavy atom. The Morgan fingerprint density at radius 3 is 2.15 bits per heavy atom. The zero-order chi connectivity index (χ0) is 15.4. The van der Waals surface area contributed by atoms with Gasteiger partial charge in [-0.2, -0.15) is 0 Å². The quantitative estimate of drug-likeness (QED) is 0.869. The number of anilines is 1. The third-order valence-electron chi connectivity index (χ3n) is 2.56. The molecule has 0 heterocycles. The van der Waals surface area contributed by atoms with Crippen molar-refractivity contribution in [3.63, 3.8) is 0 Å². The topological polar surface area (TPSA) is 75.3 Å². The summed E-state index contributed by atoms with van der Waals surface area (Å²) >= 11 is 0. The first kappa shape index (κ1) is 16.5. The van der Waals surface area contributed by atoms with Crippen LogP contribution < -0.4 is 10.6 Å². The van der Waals surface area contributed by atoms with Crippen LogP contribution in [-0.4, -0.2) is 32.2 Å². The van der Waals surface area contributed by atoms with Gasteiger partial charge in [0.15, 0.2) is 9.84 Å². The van der Waals surface area contributed by atoms with Crippen molar-refractivity contribution in [1.29, 1.82) is 0 Å². The molecule has 0 saturated carbocycles. The van der Waals surface area contributed by atoms with Gasteiger partial charge in [0.1, 0.15) is 0 Å². The van der Waals surface area contributed by atoms with E-state index in [2.05, 4.69) is 10.6 Å². The van der Waals surface area contributed by atoms with E-state index < -0.39 is 9.84 Å². The van der Waals surface area contributed by atoms with Crippen molar-refractivity contribution in [1.82, 2.24) is 5.32 Å². The summed E-state index contributed by atoms with van der Waals surface area (Å²) in [6, 6.07) is 6.41. The molecule has 0 atom stereocenters. The van der Waals surface area contributed by atoms with Gasteiger partial charge in [0.2, 0.25) is 5.91 Å². The summed E-state index contributed by atoms with van der Waals surface area (Å²) in [5.41, 5.74) is 0.446. The molecule has 0 aliphatic carbocycles. The van der Waals surface area contributed by atoms with E-state index in [1.54, 1.807) is 31.2 Å². The zero-order valence-corrected chi connectivity index (χ0v) is 13.2. The van der Waals surface area contributed by atoms with Crippen LogP contribution in [0.3, 0.4) is 0 Å². The van der Waals surface area contributed by atoms with Crippen molar-refractivity contribution in [3.8, 4) is 0 Å². The minimum atomic E-state index is -3.18. The van der Waals surface area contributed by atoms with Gasteiger partial charge in [-0.15, -0.1) is 0 Å². The van der Waals surface area contributed by atoms with E-state index >= 15 is 0 Å². The monoisotopic (exact) mass is 298 g/mol. The number of nitrogens with one attached hydrogen (secondary N) is 2. The summed E-state index contributed by atoms with van der Waals surface area (Å²) in [7, 11) is -3.18. The summed E-state index contributed by atoms with van der Waals surface area (Å²) in [5.74, 6) is -0.0314. The predicted molar refractivity (Wildman–Crippen MR) is 80.6 cm³/mol. The number of amides is 1. The molecule has 0 spiro atoms. The van der Waals surface area contributed by atoms with Gasteiger partial charge < -0.3 is 10.6 Å². The number of carbonyl (C=O) groups excluding carboxylic acids is 1. The number of benzene rings is 1. The molecule has 2 N–H and O–H groups in total. The van der Waals surface area contributed by atoms with Crippen LogP contribution in [0.2, 0.25) is 0 Å². The summed E-state index contributed by atoms with van der Waals surface area (Å²) in [4.78, 5) is 11.9. The van der Waals surface area contributed by atoms with Crippen LogP contribution in [0, 0.1) is 0 Å². The molecule has 0 bridgehead atoms. The fraction of sp³-hybridized carbons (Fsp3) is 0.500. The SMILES string of the molecule is CCS(=O)(=O)c1ccc(NCC(=O)NC(C)(C)C)cc1. The van der Waals surface area contributed by atoms with Crippen molar-refractivity contribution in [2.45, 2.75) is 38.1 Å². The minimum Gasteiger partial charge on any atom is -0.376 e. The van der Waals surface area contributed by atoms with Crippen molar-refractivity contribution >= 4 is 21.4 Å². The molecular formula is C14H22N2O3S. The summed E-state index contributed by atoms with van der Waals surface area (Å²) < 4.78 is 23.3. The molecule has 5 nitrogen and oxygen atoms in total. The van der Waals surface area contributed by atoms with E-state index in [1.165, 1.54) is 0 Å². The number of rotatable bonds is 5. The first-order valence-electron chi connectivity index (χ1n) is 6.52. The standard InChI is InChI=1S/C14H22N2O3S/c1-5-20(18,19)12-8-6-11(7-9-12)15-10-13(17)16-14(2,3)4/h6-9,15H,5,10H2,1-4H3,(H,16,17). The highest BCUT2D eigenvalue weighted by atomic mass is 32.2. The highest BCUT2D eigenvalue weighted by Gasteiger charge is 2.13. The highest BCUT2D eigenvalue weighted by molar-refractivity contribution is 7.91. The predicted octanol–water partition coefficient (Wildman–Crippen LogP) is 1.81. The number of hydrogen-bond donors (Lipinski definition) is 2. The van der Waals surface area contributed by atoms with Gasteiger partial charge in [-0.05, 0) is 45.0 Å². The normalized spacial score (nSPS) is 12.0. The molecule has 6 heteroatoms. The molecule has 0 unspecified atom stereocenters. The van der Waals surface area contributed by atoms with Crippen LogP contribution in [0.4, 0.5) is 5.69 Å². The second-order valence-electron chi connectivity index (χ2n) is 5.58. The van der Waals surface area contributed by atoms with Crippen molar-refractivity contribution < 1.29 is 13.2 Å². The number of carbonyl (C=O) groups is 1. The van der Waals surface area contributed by atoms with Crippen molar-refractivity contribution in [2.75, 3.05) is 17.6 Å². The van der Waals surface area contributed by atoms with E-state index in [-0.39, 0.29) is 23.7 Å². The zero-order valence-electron chi connectivity index (χ0n) is 12.4. The van der Waals surface area contributed by atoms with E-state index in [0.717, 1.165) is 0 Å². The van der Waals surface area contributed by atoms with Gasteiger partial charge in [0, 0.05) is 11.2 Å². The lowest BCUT2D eigenvalue weighted by atomic mass is 10.1. The van der Waals surface area contributed by atoms with Gasteiger partial charge in [-0.1, -0.05) is 6.92 Å². The molecule has 1 amide bonds. The molecule has 0 aliphatic heterocycles. The Hall–Kier alpha value is -1.56. The lowest BCUT2D eigenvalue weighted by molar-refractivity contribution is -0.120. The van der Waals surface area contributed by atoms with Crippen molar-refractivity contribution in [3.05, 3.63) is 24.3 Å². The Balaban J connectivity index is 2.61. The largest absolute Gasteiger partial charge is 0.376 e. The van der Waals surface area contributed by atoms with E-state index in [1.807, 2.05) is 20.8 Å². The molecule has 0 saturated heterocycles. The Morgan fingerprint density at radius 2 is 1.70 bits per heavy atom. The average molecular weight is 298 g/mol. The number of sulfone groups is 1. The second-order valence-corrected chi connectivity index (χ2v) is 7.86. The van der Waals surface area contributed by atoms with Crippen LogP contribution >= 0.6 is 0 Å².